The molecule has 1 fully saturated rings. The van der Waals surface area contributed by atoms with Crippen molar-refractivity contribution >= 4 is 51.4 Å². The van der Waals surface area contributed by atoms with Crippen molar-refractivity contribution in [2.24, 2.45) is 11.1 Å². The van der Waals surface area contributed by atoms with Crippen LogP contribution in [-0.4, -0.2) is 43.3 Å². The molecule has 0 radical (unpaired) electrons. The number of thiophene rings is 1. The molecule has 0 saturated carbocycles. The molecule has 0 bridgehead atoms. The van der Waals surface area contributed by atoms with Crippen LogP contribution in [0, 0.1) is 5.41 Å². The van der Waals surface area contributed by atoms with Crippen molar-refractivity contribution in [3.05, 3.63) is 68.1 Å². The summed E-state index contributed by atoms with van der Waals surface area (Å²) in [6, 6.07) is 5.97. The number of hydrogen-bond donors (Lipinski definition) is 2. The first kappa shape index (κ1) is 25.8. The fourth-order valence-corrected chi connectivity index (χ4v) is 7.82. The first-order valence-electron chi connectivity index (χ1n) is 12.6. The highest BCUT2D eigenvalue weighted by atomic mass is 35.5. The highest BCUT2D eigenvalue weighted by Gasteiger charge is 2.46. The van der Waals surface area contributed by atoms with E-state index in [-0.39, 0.29) is 23.6 Å². The number of nitrogens with two attached hydrogens (primary N) is 1. The Hall–Kier alpha value is -2.50. The van der Waals surface area contributed by atoms with Gasteiger partial charge in [-0.25, -0.2) is 15.0 Å². The Balaban J connectivity index is 1.17. The highest BCUT2D eigenvalue weighted by molar-refractivity contribution is 7.99. The molecule has 1 aromatic carbocycles. The number of aliphatic hydroxyl groups is 1. The van der Waals surface area contributed by atoms with E-state index in [0.717, 1.165) is 38.2 Å². The van der Waals surface area contributed by atoms with Crippen LogP contribution in [-0.2, 0) is 13.0 Å². The van der Waals surface area contributed by atoms with Crippen LogP contribution in [0.25, 0.3) is 10.9 Å². The molecule has 1 aliphatic heterocycles. The zero-order valence-corrected chi connectivity index (χ0v) is 23.6. The standard InChI is InChI=1S/C27H29ClN6O2S2/c1-26(2,36)14-34-15-32-17-3-4-18(22(28)21(17)25(34)35)38-20-13-30-19(12-31-20)33-8-6-27(7-9-33)11-16-5-10-37-23(16)24(27)29/h3-5,10,12-13,15,24,36H,6-9,11,14,29H2,1-2H3/t24-/m1/s1. The second-order valence-electron chi connectivity index (χ2n) is 10.9. The molecule has 38 heavy (non-hydrogen) atoms. The van der Waals surface area contributed by atoms with Gasteiger partial charge in [0.15, 0.2) is 0 Å². The van der Waals surface area contributed by atoms with Crippen molar-refractivity contribution in [1.29, 1.82) is 0 Å². The Morgan fingerprint density at radius 2 is 2.00 bits per heavy atom. The van der Waals surface area contributed by atoms with E-state index in [1.165, 1.54) is 33.1 Å². The largest absolute Gasteiger partial charge is 0.389 e. The third-order valence-corrected chi connectivity index (χ3v) is 10.2. The van der Waals surface area contributed by atoms with Gasteiger partial charge in [0.2, 0.25) is 0 Å². The number of halogens is 1. The number of hydrogen-bond acceptors (Lipinski definition) is 9. The molecule has 11 heteroatoms. The lowest BCUT2D eigenvalue weighted by atomic mass is 9.73. The molecule has 2 aliphatic rings. The lowest BCUT2D eigenvalue weighted by Crippen LogP contribution is -2.44. The predicted molar refractivity (Wildman–Crippen MR) is 152 cm³/mol. The van der Waals surface area contributed by atoms with Crippen molar-refractivity contribution in [2.75, 3.05) is 18.0 Å². The summed E-state index contributed by atoms with van der Waals surface area (Å²) in [5.41, 5.74) is 7.44. The predicted octanol–water partition coefficient (Wildman–Crippen LogP) is 4.67. The Labute approximate surface area is 233 Å². The summed E-state index contributed by atoms with van der Waals surface area (Å²) in [5, 5.41) is 13.6. The lowest BCUT2D eigenvalue weighted by molar-refractivity contribution is 0.0603. The second-order valence-corrected chi connectivity index (χ2v) is 13.3. The first-order chi connectivity index (χ1) is 18.1. The Kier molecular flexibility index (Phi) is 6.51. The number of benzene rings is 1. The maximum atomic E-state index is 13.1. The van der Waals surface area contributed by atoms with Gasteiger partial charge in [0.05, 0.1) is 46.8 Å². The van der Waals surface area contributed by atoms with Crippen LogP contribution < -0.4 is 16.2 Å². The molecule has 6 rings (SSSR count). The number of nitrogens with zero attached hydrogens (tertiary/aromatic N) is 5. The van der Waals surface area contributed by atoms with Crippen LogP contribution in [0.4, 0.5) is 5.82 Å². The quantitative estimate of drug-likeness (QED) is 0.357. The number of anilines is 1. The van der Waals surface area contributed by atoms with Gasteiger partial charge < -0.3 is 15.7 Å². The van der Waals surface area contributed by atoms with E-state index in [1.54, 1.807) is 43.6 Å². The maximum absolute atomic E-state index is 13.1. The molecule has 3 N–H and O–H groups in total. The summed E-state index contributed by atoms with van der Waals surface area (Å²) in [6.45, 7) is 5.22. The molecule has 3 aromatic heterocycles. The fourth-order valence-electron chi connectivity index (χ4n) is 5.63. The summed E-state index contributed by atoms with van der Waals surface area (Å²) in [4.78, 5) is 31.1. The zero-order chi connectivity index (χ0) is 26.7. The van der Waals surface area contributed by atoms with E-state index in [4.69, 9.17) is 22.3 Å². The van der Waals surface area contributed by atoms with E-state index in [0.29, 0.717) is 25.8 Å². The Morgan fingerprint density at radius 3 is 2.68 bits per heavy atom. The molecular weight excluding hydrogens is 540 g/mol. The molecule has 0 amide bonds. The zero-order valence-electron chi connectivity index (χ0n) is 21.2. The van der Waals surface area contributed by atoms with Crippen LogP contribution in [0.1, 0.15) is 43.2 Å². The number of rotatable bonds is 5. The molecule has 1 atom stereocenters. The van der Waals surface area contributed by atoms with E-state index < -0.39 is 5.60 Å². The molecule has 1 spiro atoms. The van der Waals surface area contributed by atoms with E-state index in [1.807, 2.05) is 6.07 Å². The Bertz CT molecular complexity index is 1550. The van der Waals surface area contributed by atoms with Crippen molar-refractivity contribution < 1.29 is 5.11 Å². The summed E-state index contributed by atoms with van der Waals surface area (Å²) >= 11 is 9.83. The van der Waals surface area contributed by atoms with Crippen LogP contribution >= 0.6 is 34.7 Å². The average Bonchev–Trinajstić information content (AvgIpc) is 3.43. The van der Waals surface area contributed by atoms with Gasteiger partial charge in [0.25, 0.3) is 5.56 Å². The lowest BCUT2D eigenvalue weighted by Gasteiger charge is -2.42. The van der Waals surface area contributed by atoms with Crippen LogP contribution in [0.2, 0.25) is 5.02 Å². The monoisotopic (exact) mass is 568 g/mol. The molecule has 1 aliphatic carbocycles. The topological polar surface area (TPSA) is 110 Å². The molecule has 4 heterocycles. The molecule has 198 valence electrons. The molecular formula is C27H29ClN6O2S2. The fraction of sp³-hybridized carbons (Fsp3) is 0.407. The summed E-state index contributed by atoms with van der Waals surface area (Å²) in [6.07, 6.45) is 8.15. The molecule has 8 nitrogen and oxygen atoms in total. The maximum Gasteiger partial charge on any atom is 0.262 e. The minimum absolute atomic E-state index is 0.119. The van der Waals surface area contributed by atoms with Gasteiger partial charge in [0.1, 0.15) is 10.8 Å². The van der Waals surface area contributed by atoms with Gasteiger partial charge in [-0.3, -0.25) is 9.36 Å². The number of piperidine rings is 1. The highest BCUT2D eigenvalue weighted by Crippen LogP contribution is 2.52. The van der Waals surface area contributed by atoms with E-state index >= 15 is 0 Å². The van der Waals surface area contributed by atoms with Crippen molar-refractivity contribution in [1.82, 2.24) is 19.5 Å². The summed E-state index contributed by atoms with van der Waals surface area (Å²) in [5.74, 6) is 0.855. The summed E-state index contributed by atoms with van der Waals surface area (Å²) < 4.78 is 1.39. The van der Waals surface area contributed by atoms with Gasteiger partial charge >= 0.3 is 0 Å². The van der Waals surface area contributed by atoms with Gasteiger partial charge in [-0.15, -0.1) is 11.3 Å². The number of fused-ring (bicyclic) bond motifs is 2. The second kappa shape index (κ2) is 9.60. The van der Waals surface area contributed by atoms with Crippen LogP contribution in [0.5, 0.6) is 0 Å². The minimum atomic E-state index is -1.05. The van der Waals surface area contributed by atoms with E-state index in [2.05, 4.69) is 26.3 Å². The van der Waals surface area contributed by atoms with Gasteiger partial charge in [-0.05, 0) is 67.7 Å². The van der Waals surface area contributed by atoms with Gasteiger partial charge in [0, 0.05) is 28.9 Å². The van der Waals surface area contributed by atoms with Crippen molar-refractivity contribution in [2.45, 2.75) is 61.2 Å². The van der Waals surface area contributed by atoms with Crippen LogP contribution in [0.3, 0.4) is 0 Å². The smallest absolute Gasteiger partial charge is 0.262 e. The average molecular weight is 569 g/mol. The SMILES string of the molecule is CC(C)(O)Cn1cnc2ccc(Sc3cnc(N4CCC5(CC4)Cc4ccsc4[C@H]5N)cn3)c(Cl)c2c1=O. The molecule has 0 unspecified atom stereocenters. The molecule has 4 aromatic rings. The van der Waals surface area contributed by atoms with Crippen LogP contribution in [0.15, 0.2) is 57.0 Å². The van der Waals surface area contributed by atoms with Gasteiger partial charge in [-0.2, -0.15) is 0 Å². The number of aromatic nitrogens is 4. The Morgan fingerprint density at radius 1 is 1.21 bits per heavy atom. The van der Waals surface area contributed by atoms with E-state index in [9.17, 15) is 9.90 Å². The normalized spacial score (nSPS) is 18.9. The molecule has 1 saturated heterocycles. The third kappa shape index (κ3) is 4.62. The minimum Gasteiger partial charge on any atom is -0.389 e. The first-order valence-corrected chi connectivity index (χ1v) is 14.7. The van der Waals surface area contributed by atoms with Crippen molar-refractivity contribution in [3.63, 3.8) is 0 Å². The summed E-state index contributed by atoms with van der Waals surface area (Å²) in [7, 11) is 0. The van der Waals surface area contributed by atoms with Gasteiger partial charge in [-0.1, -0.05) is 23.4 Å². The third-order valence-electron chi connectivity index (χ3n) is 7.63. The van der Waals surface area contributed by atoms with Crippen molar-refractivity contribution in [3.8, 4) is 0 Å².